The Morgan fingerprint density at radius 1 is 1.26 bits per heavy atom. The zero-order chi connectivity index (χ0) is 17.0. The van der Waals surface area contributed by atoms with Gasteiger partial charge in [0.25, 0.3) is 5.69 Å². The van der Waals surface area contributed by atoms with Gasteiger partial charge in [0, 0.05) is 25.8 Å². The van der Waals surface area contributed by atoms with E-state index in [-0.39, 0.29) is 22.8 Å². The normalized spacial score (nSPS) is 10.7. The lowest BCUT2D eigenvalue weighted by atomic mass is 10.1. The van der Waals surface area contributed by atoms with Crippen molar-refractivity contribution in [2.75, 3.05) is 19.0 Å². The molecule has 0 atom stereocenters. The molecule has 0 radical (unpaired) electrons. The second-order valence-electron chi connectivity index (χ2n) is 4.73. The lowest BCUT2D eigenvalue weighted by Gasteiger charge is -2.13. The lowest BCUT2D eigenvalue weighted by Crippen LogP contribution is -2.09. The van der Waals surface area contributed by atoms with Crippen LogP contribution in [0.5, 0.6) is 0 Å². The highest BCUT2D eigenvalue weighted by Gasteiger charge is 2.12. The number of hydrogen-bond acceptors (Lipinski definition) is 7. The van der Waals surface area contributed by atoms with Gasteiger partial charge in [-0.25, -0.2) is 9.78 Å². The summed E-state index contributed by atoms with van der Waals surface area (Å²) in [6, 6.07) is 7.31. The molecule has 0 spiro atoms. The fourth-order valence-corrected chi connectivity index (χ4v) is 1.71. The molecule has 0 aliphatic heterocycles. The van der Waals surface area contributed by atoms with E-state index in [1.165, 1.54) is 24.3 Å². The molecule has 0 bridgehead atoms. The molecule has 0 fully saturated rings. The highest BCUT2D eigenvalue weighted by atomic mass is 16.6. The Labute approximate surface area is 131 Å². The molecule has 118 valence electrons. The number of carbonyl (C=O) groups is 1. The van der Waals surface area contributed by atoms with E-state index in [0.29, 0.717) is 0 Å². The molecule has 9 nitrogen and oxygen atoms in total. The maximum absolute atomic E-state index is 11.3. The Bertz CT molecular complexity index is 771. The number of aromatic carboxylic acids is 1. The van der Waals surface area contributed by atoms with Gasteiger partial charge in [-0.05, 0) is 24.3 Å². The van der Waals surface area contributed by atoms with Gasteiger partial charge in [-0.15, -0.1) is 10.2 Å². The van der Waals surface area contributed by atoms with Gasteiger partial charge >= 0.3 is 5.97 Å². The summed E-state index contributed by atoms with van der Waals surface area (Å²) in [6.07, 6.45) is 1.06. The molecule has 1 aromatic carbocycles. The molecule has 23 heavy (non-hydrogen) atoms. The Morgan fingerprint density at radius 2 is 2.00 bits per heavy atom. The molecular formula is C14H13N5O4. The van der Waals surface area contributed by atoms with E-state index < -0.39 is 10.9 Å². The molecule has 1 N–H and O–H groups in total. The number of carboxylic acid groups (broad SMARTS) is 1. The topological polar surface area (TPSA) is 121 Å². The summed E-state index contributed by atoms with van der Waals surface area (Å²) in [5, 5.41) is 27.5. The van der Waals surface area contributed by atoms with Crippen LogP contribution >= 0.6 is 0 Å². The maximum atomic E-state index is 11.3. The predicted octanol–water partition coefficient (Wildman–Crippen LogP) is 3.17. The van der Waals surface area contributed by atoms with Crippen LogP contribution in [0, 0.1) is 10.1 Å². The third kappa shape index (κ3) is 3.84. The van der Waals surface area contributed by atoms with Crippen molar-refractivity contribution in [1.29, 1.82) is 0 Å². The van der Waals surface area contributed by atoms with E-state index in [9.17, 15) is 20.0 Å². The van der Waals surface area contributed by atoms with Gasteiger partial charge in [-0.3, -0.25) is 10.1 Å². The number of benzene rings is 1. The fraction of sp³-hybridized carbons (Fsp3) is 0.143. The number of anilines is 1. The van der Waals surface area contributed by atoms with E-state index in [2.05, 4.69) is 15.2 Å². The SMILES string of the molecule is CN(C)c1ccc(N=Nc2ccc([N+](=O)[O-])cn2)c(C(=O)O)c1. The Balaban J connectivity index is 2.31. The Kier molecular flexibility index (Phi) is 4.60. The summed E-state index contributed by atoms with van der Waals surface area (Å²) in [4.78, 5) is 26.8. The van der Waals surface area contributed by atoms with Gasteiger partial charge in [0.05, 0.1) is 10.5 Å². The lowest BCUT2D eigenvalue weighted by molar-refractivity contribution is -0.385. The molecule has 0 aliphatic carbocycles. The third-order valence-electron chi connectivity index (χ3n) is 2.93. The second-order valence-corrected chi connectivity index (χ2v) is 4.73. The number of nitro groups is 1. The first kappa shape index (κ1) is 16.0. The molecule has 0 saturated heterocycles. The predicted molar refractivity (Wildman–Crippen MR) is 82.8 cm³/mol. The molecule has 1 heterocycles. The van der Waals surface area contributed by atoms with Gasteiger partial charge < -0.3 is 10.0 Å². The molecule has 2 aromatic rings. The fourth-order valence-electron chi connectivity index (χ4n) is 1.71. The summed E-state index contributed by atoms with van der Waals surface area (Å²) >= 11 is 0. The standard InChI is InChI=1S/C14H13N5O4/c1-18(2)9-3-5-12(11(7-9)14(20)21)16-17-13-6-4-10(8-15-13)19(22)23/h3-8H,1-2H3,(H,20,21). The minimum Gasteiger partial charge on any atom is -0.478 e. The number of azo groups is 1. The average molecular weight is 315 g/mol. The van der Waals surface area contributed by atoms with Crippen LogP contribution in [0.3, 0.4) is 0 Å². The van der Waals surface area contributed by atoms with Crippen LogP contribution in [0.2, 0.25) is 0 Å². The van der Waals surface area contributed by atoms with Crippen molar-refractivity contribution in [1.82, 2.24) is 4.98 Å². The van der Waals surface area contributed by atoms with Crippen LogP contribution in [0.1, 0.15) is 10.4 Å². The van der Waals surface area contributed by atoms with Gasteiger partial charge in [-0.1, -0.05) is 0 Å². The first-order valence-electron chi connectivity index (χ1n) is 6.45. The van der Waals surface area contributed by atoms with Gasteiger partial charge in [0.15, 0.2) is 5.82 Å². The Hall–Kier alpha value is -3.36. The van der Waals surface area contributed by atoms with Crippen LogP contribution < -0.4 is 4.90 Å². The van der Waals surface area contributed by atoms with Gasteiger partial charge in [0.2, 0.25) is 0 Å². The summed E-state index contributed by atoms with van der Waals surface area (Å²) in [6.45, 7) is 0. The first-order chi connectivity index (χ1) is 10.9. The molecular weight excluding hydrogens is 302 g/mol. The second kappa shape index (κ2) is 6.60. The summed E-state index contributed by atoms with van der Waals surface area (Å²) in [5.74, 6) is -0.983. The number of rotatable bonds is 5. The summed E-state index contributed by atoms with van der Waals surface area (Å²) in [5.41, 5.74) is 0.727. The summed E-state index contributed by atoms with van der Waals surface area (Å²) < 4.78 is 0. The van der Waals surface area contributed by atoms with Crippen LogP contribution in [-0.4, -0.2) is 35.1 Å². The Morgan fingerprint density at radius 3 is 2.52 bits per heavy atom. The minimum absolute atomic E-state index is 0.00172. The first-order valence-corrected chi connectivity index (χ1v) is 6.45. The zero-order valence-electron chi connectivity index (χ0n) is 12.4. The van der Waals surface area contributed by atoms with Crippen molar-refractivity contribution in [2.24, 2.45) is 10.2 Å². The van der Waals surface area contributed by atoms with Crippen LogP contribution in [0.15, 0.2) is 46.8 Å². The third-order valence-corrected chi connectivity index (χ3v) is 2.93. The van der Waals surface area contributed by atoms with E-state index in [1.807, 2.05) is 0 Å². The average Bonchev–Trinajstić information content (AvgIpc) is 2.52. The molecule has 0 saturated carbocycles. The number of aromatic nitrogens is 1. The van der Waals surface area contributed by atoms with Crippen molar-refractivity contribution in [3.63, 3.8) is 0 Å². The smallest absolute Gasteiger partial charge is 0.338 e. The van der Waals surface area contributed by atoms with Crippen LogP contribution in [-0.2, 0) is 0 Å². The van der Waals surface area contributed by atoms with Crippen LogP contribution in [0.25, 0.3) is 0 Å². The van der Waals surface area contributed by atoms with Crippen molar-refractivity contribution < 1.29 is 14.8 Å². The number of pyridine rings is 1. The molecule has 1 aromatic heterocycles. The van der Waals surface area contributed by atoms with E-state index >= 15 is 0 Å². The van der Waals surface area contributed by atoms with Crippen LogP contribution in [0.4, 0.5) is 22.9 Å². The highest BCUT2D eigenvalue weighted by molar-refractivity contribution is 5.94. The number of hydrogen-bond donors (Lipinski definition) is 1. The molecule has 0 amide bonds. The highest BCUT2D eigenvalue weighted by Crippen LogP contribution is 2.26. The molecule has 0 unspecified atom stereocenters. The van der Waals surface area contributed by atoms with Gasteiger partial charge in [-0.2, -0.15) is 0 Å². The number of nitrogens with zero attached hydrogens (tertiary/aromatic N) is 5. The largest absolute Gasteiger partial charge is 0.478 e. The van der Waals surface area contributed by atoms with Gasteiger partial charge in [0.1, 0.15) is 11.9 Å². The number of carboxylic acids is 1. The molecule has 0 aliphatic rings. The van der Waals surface area contributed by atoms with E-state index in [4.69, 9.17) is 0 Å². The van der Waals surface area contributed by atoms with Crippen molar-refractivity contribution in [3.8, 4) is 0 Å². The summed E-state index contributed by atoms with van der Waals surface area (Å²) in [7, 11) is 3.59. The minimum atomic E-state index is -1.13. The van der Waals surface area contributed by atoms with Crippen molar-refractivity contribution in [2.45, 2.75) is 0 Å². The molecule has 2 rings (SSSR count). The quantitative estimate of drug-likeness (QED) is 0.513. The maximum Gasteiger partial charge on any atom is 0.338 e. The van der Waals surface area contributed by atoms with Crippen molar-refractivity contribution in [3.05, 3.63) is 52.2 Å². The van der Waals surface area contributed by atoms with Crippen molar-refractivity contribution >= 4 is 28.8 Å². The monoisotopic (exact) mass is 315 g/mol. The van der Waals surface area contributed by atoms with E-state index in [0.717, 1.165) is 11.9 Å². The zero-order valence-corrected chi connectivity index (χ0v) is 12.4. The molecule has 9 heteroatoms. The van der Waals surface area contributed by atoms with E-state index in [1.54, 1.807) is 25.1 Å².